The molecule has 0 aromatic carbocycles. The molecule has 0 spiro atoms. The van der Waals surface area contributed by atoms with Crippen molar-refractivity contribution in [1.29, 1.82) is 0 Å². The first-order valence-corrected chi connectivity index (χ1v) is 3.36. The van der Waals surface area contributed by atoms with E-state index in [2.05, 4.69) is 10.2 Å². The van der Waals surface area contributed by atoms with E-state index in [0.29, 0.717) is 0 Å². The fourth-order valence-corrected chi connectivity index (χ4v) is 0.428. The first-order chi connectivity index (χ1) is 5.52. The molecule has 0 aliphatic heterocycles. The first-order valence-electron chi connectivity index (χ1n) is 3.36. The average Bonchev–Trinajstić information content (AvgIpc) is 1.96. The minimum absolute atomic E-state index is 0.0472. The Balaban J connectivity index is 3.86. The van der Waals surface area contributed by atoms with Crippen LogP contribution < -0.4 is 11.5 Å². The SMILES string of the molecule is C/C(N)=N/N=C(\N)CCC(=O)O. The molecule has 0 aliphatic rings. The van der Waals surface area contributed by atoms with E-state index in [1.807, 2.05) is 0 Å². The van der Waals surface area contributed by atoms with Gasteiger partial charge in [-0.25, -0.2) is 0 Å². The highest BCUT2D eigenvalue weighted by molar-refractivity contribution is 5.85. The second kappa shape index (κ2) is 5.11. The van der Waals surface area contributed by atoms with Crippen molar-refractivity contribution in [1.82, 2.24) is 0 Å². The Hall–Kier alpha value is -1.59. The molecule has 0 atom stereocenters. The molecular weight excluding hydrogens is 160 g/mol. The predicted molar refractivity (Wildman–Crippen MR) is 45.8 cm³/mol. The number of aliphatic carboxylic acids is 1. The van der Waals surface area contributed by atoms with Crippen LogP contribution >= 0.6 is 0 Å². The van der Waals surface area contributed by atoms with Gasteiger partial charge in [0.15, 0.2) is 0 Å². The van der Waals surface area contributed by atoms with Gasteiger partial charge in [0.1, 0.15) is 11.7 Å². The van der Waals surface area contributed by atoms with E-state index in [1.54, 1.807) is 6.92 Å². The van der Waals surface area contributed by atoms with Crippen molar-refractivity contribution in [2.45, 2.75) is 19.8 Å². The highest BCUT2D eigenvalue weighted by Crippen LogP contribution is 1.89. The molecule has 0 saturated carbocycles. The fourth-order valence-electron chi connectivity index (χ4n) is 0.428. The number of nitrogens with zero attached hydrogens (tertiary/aromatic N) is 2. The van der Waals surface area contributed by atoms with Gasteiger partial charge in [0.25, 0.3) is 0 Å². The number of carboxylic acids is 1. The Morgan fingerprint density at radius 1 is 1.33 bits per heavy atom. The van der Waals surface area contributed by atoms with E-state index < -0.39 is 5.97 Å². The lowest BCUT2D eigenvalue weighted by Crippen LogP contribution is -2.14. The lowest BCUT2D eigenvalue weighted by atomic mass is 10.3. The second-order valence-electron chi connectivity index (χ2n) is 2.23. The van der Waals surface area contributed by atoms with Crippen molar-refractivity contribution in [2.24, 2.45) is 21.7 Å². The van der Waals surface area contributed by atoms with E-state index in [-0.39, 0.29) is 24.5 Å². The lowest BCUT2D eigenvalue weighted by molar-refractivity contribution is -0.136. The Morgan fingerprint density at radius 2 is 1.92 bits per heavy atom. The zero-order valence-electron chi connectivity index (χ0n) is 6.82. The van der Waals surface area contributed by atoms with Gasteiger partial charge in [-0.2, -0.15) is 0 Å². The van der Waals surface area contributed by atoms with Crippen LogP contribution in [-0.2, 0) is 4.79 Å². The summed E-state index contributed by atoms with van der Waals surface area (Å²) in [4.78, 5) is 10.1. The molecule has 0 radical (unpaired) electrons. The maximum Gasteiger partial charge on any atom is 0.303 e. The van der Waals surface area contributed by atoms with E-state index >= 15 is 0 Å². The van der Waals surface area contributed by atoms with Crippen molar-refractivity contribution in [3.8, 4) is 0 Å². The Morgan fingerprint density at radius 3 is 2.33 bits per heavy atom. The molecular formula is C6H12N4O2. The highest BCUT2D eigenvalue weighted by Gasteiger charge is 1.98. The standard InChI is InChI=1S/C6H12N4O2/c1-4(7)9-10-5(8)2-3-6(11)12/h2-3H2,1H3,(H2,7,9)(H2,8,10)(H,11,12). The fraction of sp³-hybridized carbons (Fsp3) is 0.500. The average molecular weight is 172 g/mol. The minimum atomic E-state index is -0.915. The molecule has 0 bridgehead atoms. The Kier molecular flexibility index (Phi) is 4.43. The number of rotatable bonds is 4. The van der Waals surface area contributed by atoms with Crippen LogP contribution in [0, 0.1) is 0 Å². The van der Waals surface area contributed by atoms with Crippen molar-refractivity contribution in [3.05, 3.63) is 0 Å². The normalized spacial score (nSPS) is 13.1. The number of hydrogen-bond acceptors (Lipinski definition) is 3. The largest absolute Gasteiger partial charge is 0.481 e. The monoisotopic (exact) mass is 172 g/mol. The number of carboxylic acid groups (broad SMARTS) is 1. The molecule has 0 unspecified atom stereocenters. The molecule has 0 saturated heterocycles. The molecule has 0 aromatic rings. The Labute approximate surface area is 70.0 Å². The van der Waals surface area contributed by atoms with Crippen LogP contribution in [0.3, 0.4) is 0 Å². The summed E-state index contributed by atoms with van der Waals surface area (Å²) >= 11 is 0. The van der Waals surface area contributed by atoms with Crippen LogP contribution in [0.4, 0.5) is 0 Å². The van der Waals surface area contributed by atoms with Crippen molar-refractivity contribution in [3.63, 3.8) is 0 Å². The molecule has 0 fully saturated rings. The van der Waals surface area contributed by atoms with Gasteiger partial charge in [-0.05, 0) is 6.92 Å². The predicted octanol–water partition coefficient (Wildman–Crippen LogP) is -0.500. The number of carbonyl (C=O) groups is 1. The summed E-state index contributed by atoms with van der Waals surface area (Å²) in [6.45, 7) is 1.56. The first kappa shape index (κ1) is 10.4. The number of nitrogens with two attached hydrogens (primary N) is 2. The molecule has 68 valence electrons. The van der Waals surface area contributed by atoms with Crippen LogP contribution in [0.2, 0.25) is 0 Å². The smallest absolute Gasteiger partial charge is 0.303 e. The summed E-state index contributed by atoms with van der Waals surface area (Å²) in [7, 11) is 0. The van der Waals surface area contributed by atoms with Crippen molar-refractivity contribution < 1.29 is 9.90 Å². The summed E-state index contributed by atoms with van der Waals surface area (Å²) in [6.07, 6.45) is 0.139. The second-order valence-corrected chi connectivity index (χ2v) is 2.23. The van der Waals surface area contributed by atoms with Gasteiger partial charge in [0, 0.05) is 6.42 Å². The number of amidine groups is 2. The van der Waals surface area contributed by atoms with E-state index in [0.717, 1.165) is 0 Å². The molecule has 6 heteroatoms. The summed E-state index contributed by atoms with van der Waals surface area (Å²) in [5.41, 5.74) is 10.5. The van der Waals surface area contributed by atoms with Crippen molar-refractivity contribution in [2.75, 3.05) is 0 Å². The van der Waals surface area contributed by atoms with E-state index in [4.69, 9.17) is 16.6 Å². The molecule has 0 aliphatic carbocycles. The minimum Gasteiger partial charge on any atom is -0.481 e. The van der Waals surface area contributed by atoms with E-state index in [1.165, 1.54) is 0 Å². The third-order valence-corrected chi connectivity index (χ3v) is 0.931. The lowest BCUT2D eigenvalue weighted by Gasteiger charge is -1.93. The molecule has 12 heavy (non-hydrogen) atoms. The van der Waals surface area contributed by atoms with Gasteiger partial charge in [-0.15, -0.1) is 10.2 Å². The van der Waals surface area contributed by atoms with Gasteiger partial charge < -0.3 is 16.6 Å². The molecule has 0 rings (SSSR count). The van der Waals surface area contributed by atoms with Gasteiger partial charge >= 0.3 is 5.97 Å². The third-order valence-electron chi connectivity index (χ3n) is 0.931. The maximum atomic E-state index is 10.1. The summed E-state index contributed by atoms with van der Waals surface area (Å²) in [6, 6.07) is 0. The zero-order valence-corrected chi connectivity index (χ0v) is 6.82. The van der Waals surface area contributed by atoms with Crippen LogP contribution in [0.15, 0.2) is 10.2 Å². The summed E-state index contributed by atoms with van der Waals surface area (Å²) < 4.78 is 0. The summed E-state index contributed by atoms with van der Waals surface area (Å²) in [5.74, 6) is -0.461. The topological polar surface area (TPSA) is 114 Å². The van der Waals surface area contributed by atoms with Gasteiger partial charge in [-0.1, -0.05) is 0 Å². The van der Waals surface area contributed by atoms with E-state index in [9.17, 15) is 4.79 Å². The van der Waals surface area contributed by atoms with Crippen LogP contribution in [0.5, 0.6) is 0 Å². The highest BCUT2D eigenvalue weighted by atomic mass is 16.4. The Bertz CT molecular complexity index is 218. The molecule has 0 amide bonds. The molecule has 0 aromatic heterocycles. The van der Waals surface area contributed by atoms with Gasteiger partial charge in [0.2, 0.25) is 0 Å². The van der Waals surface area contributed by atoms with Gasteiger partial charge in [-0.3, -0.25) is 4.79 Å². The van der Waals surface area contributed by atoms with Crippen LogP contribution in [-0.4, -0.2) is 22.7 Å². The van der Waals surface area contributed by atoms with Gasteiger partial charge in [0.05, 0.1) is 6.42 Å². The van der Waals surface area contributed by atoms with Crippen LogP contribution in [0.25, 0.3) is 0 Å². The molecule has 0 heterocycles. The quantitative estimate of drug-likeness (QED) is 0.301. The third kappa shape index (κ3) is 6.53. The van der Waals surface area contributed by atoms with Crippen LogP contribution in [0.1, 0.15) is 19.8 Å². The molecule has 5 N–H and O–H groups in total. The summed E-state index contributed by atoms with van der Waals surface area (Å²) in [5, 5.41) is 15.2. The maximum absolute atomic E-state index is 10.1. The number of hydrogen-bond donors (Lipinski definition) is 3. The zero-order chi connectivity index (χ0) is 9.56. The van der Waals surface area contributed by atoms with Crippen molar-refractivity contribution >= 4 is 17.6 Å². The molecule has 6 nitrogen and oxygen atoms in total.